The van der Waals surface area contributed by atoms with Crippen molar-refractivity contribution in [2.45, 2.75) is 24.8 Å². The van der Waals surface area contributed by atoms with Crippen LogP contribution in [-0.2, 0) is 16.4 Å². The number of hydrogen-bond acceptors (Lipinski definition) is 3. The maximum Gasteiger partial charge on any atom is 0.212 e. The Hall–Kier alpha value is -0.650. The van der Waals surface area contributed by atoms with Crippen molar-refractivity contribution in [3.05, 3.63) is 30.1 Å². The minimum Gasteiger partial charge on any atom is -0.265 e. The van der Waals surface area contributed by atoms with Crippen LogP contribution in [0.25, 0.3) is 0 Å². The van der Waals surface area contributed by atoms with Gasteiger partial charge < -0.3 is 0 Å². The molecule has 0 bridgehead atoms. The third kappa shape index (κ3) is 3.66. The first-order valence-electron chi connectivity index (χ1n) is 5.52. The Bertz CT molecular complexity index is 472. The number of nitrogens with zero attached hydrogens (tertiary/aromatic N) is 1. The fourth-order valence-electron chi connectivity index (χ4n) is 1.60. The highest BCUT2D eigenvalue weighted by Crippen LogP contribution is 2.37. The lowest BCUT2D eigenvalue weighted by Gasteiger charge is -2.14. The van der Waals surface area contributed by atoms with Gasteiger partial charge in [0.05, 0.1) is 5.75 Å². The minimum absolute atomic E-state index is 0.0929. The molecule has 0 aliphatic heterocycles. The molecule has 1 fully saturated rings. The number of aromatic nitrogens is 1. The number of sulfonamides is 1. The van der Waals surface area contributed by atoms with Gasteiger partial charge >= 0.3 is 0 Å². The first-order valence-corrected chi connectivity index (χ1v) is 7.70. The number of pyridine rings is 1. The van der Waals surface area contributed by atoms with E-state index >= 15 is 0 Å². The third-order valence-corrected chi connectivity index (χ3v) is 4.89. The van der Waals surface area contributed by atoms with E-state index in [1.807, 2.05) is 12.1 Å². The number of aryl methyl sites for hydroxylation is 1. The molecule has 1 aromatic heterocycles. The molecule has 0 amide bonds. The van der Waals surface area contributed by atoms with Crippen molar-refractivity contribution in [1.82, 2.24) is 9.71 Å². The molecule has 0 spiro atoms. The molecule has 94 valence electrons. The number of hydrogen-bond donors (Lipinski definition) is 1. The van der Waals surface area contributed by atoms with Gasteiger partial charge in [-0.25, -0.2) is 13.1 Å². The van der Waals surface area contributed by atoms with Crippen LogP contribution in [-0.4, -0.2) is 30.6 Å². The zero-order valence-electron chi connectivity index (χ0n) is 9.39. The van der Waals surface area contributed by atoms with Crippen LogP contribution in [0.5, 0.6) is 0 Å². The Morgan fingerprint density at radius 3 is 2.53 bits per heavy atom. The number of halogens is 1. The van der Waals surface area contributed by atoms with Crippen molar-refractivity contribution in [3.8, 4) is 0 Å². The standard InChI is InChI=1S/C11H15ClN2O2S/c12-9-11(4-5-11)14-17(15,16)8-3-10-1-6-13-7-2-10/h1-2,6-7,14H,3-5,8-9H2. The van der Waals surface area contributed by atoms with E-state index in [0.29, 0.717) is 12.3 Å². The lowest BCUT2D eigenvalue weighted by Crippen LogP contribution is -2.39. The van der Waals surface area contributed by atoms with Crippen LogP contribution < -0.4 is 4.72 Å². The summed E-state index contributed by atoms with van der Waals surface area (Å²) < 4.78 is 26.4. The van der Waals surface area contributed by atoms with Crippen molar-refractivity contribution in [3.63, 3.8) is 0 Å². The Labute approximate surface area is 106 Å². The molecule has 1 aliphatic rings. The van der Waals surface area contributed by atoms with Gasteiger partial charge in [0.2, 0.25) is 10.0 Å². The van der Waals surface area contributed by atoms with E-state index in [-0.39, 0.29) is 11.3 Å². The predicted molar refractivity (Wildman–Crippen MR) is 67.5 cm³/mol. The van der Waals surface area contributed by atoms with E-state index < -0.39 is 10.0 Å². The highest BCUT2D eigenvalue weighted by atomic mass is 35.5. The first kappa shape index (κ1) is 12.8. The number of nitrogens with one attached hydrogen (secondary N) is 1. The summed E-state index contributed by atoms with van der Waals surface area (Å²) in [5.74, 6) is 0.442. The summed E-state index contributed by atoms with van der Waals surface area (Å²) in [5, 5.41) is 0. The van der Waals surface area contributed by atoms with Crippen LogP contribution in [0.4, 0.5) is 0 Å². The Balaban J connectivity index is 1.90. The molecule has 1 aliphatic carbocycles. The quantitative estimate of drug-likeness (QED) is 0.796. The van der Waals surface area contributed by atoms with Crippen LogP contribution in [0.1, 0.15) is 18.4 Å². The molecule has 0 radical (unpaired) electrons. The predicted octanol–water partition coefficient (Wildman–Crippen LogP) is 1.31. The molecule has 4 nitrogen and oxygen atoms in total. The Morgan fingerprint density at radius 2 is 2.00 bits per heavy atom. The summed E-state index contributed by atoms with van der Waals surface area (Å²) >= 11 is 5.74. The van der Waals surface area contributed by atoms with Crippen molar-refractivity contribution < 1.29 is 8.42 Å². The molecular formula is C11H15ClN2O2S. The molecule has 0 aromatic carbocycles. The van der Waals surface area contributed by atoms with Crippen molar-refractivity contribution in [1.29, 1.82) is 0 Å². The second-order valence-electron chi connectivity index (χ2n) is 4.44. The smallest absolute Gasteiger partial charge is 0.212 e. The molecule has 1 heterocycles. The van der Waals surface area contributed by atoms with Crippen molar-refractivity contribution >= 4 is 21.6 Å². The molecule has 0 unspecified atom stereocenters. The summed E-state index contributed by atoms with van der Waals surface area (Å²) in [5.41, 5.74) is 0.611. The molecule has 6 heteroatoms. The van der Waals surface area contributed by atoms with E-state index in [9.17, 15) is 8.42 Å². The summed E-state index contributed by atoms with van der Waals surface area (Å²) in [6, 6.07) is 3.65. The number of alkyl halides is 1. The molecular weight excluding hydrogens is 260 g/mol. The van der Waals surface area contributed by atoms with E-state index in [1.165, 1.54) is 0 Å². The molecule has 1 saturated carbocycles. The van der Waals surface area contributed by atoms with Crippen molar-refractivity contribution in [2.24, 2.45) is 0 Å². The Morgan fingerprint density at radius 1 is 1.35 bits per heavy atom. The zero-order valence-corrected chi connectivity index (χ0v) is 11.0. The summed E-state index contributed by atoms with van der Waals surface area (Å²) in [6.07, 6.45) is 5.50. The lowest BCUT2D eigenvalue weighted by atomic mass is 10.2. The van der Waals surface area contributed by atoms with Gasteiger partial charge in [-0.3, -0.25) is 4.98 Å². The van der Waals surface area contributed by atoms with Crippen LogP contribution in [0.2, 0.25) is 0 Å². The van der Waals surface area contributed by atoms with Crippen LogP contribution in [0.15, 0.2) is 24.5 Å². The molecule has 17 heavy (non-hydrogen) atoms. The maximum absolute atomic E-state index is 11.8. The van der Waals surface area contributed by atoms with Gasteiger partial charge in [-0.15, -0.1) is 11.6 Å². The van der Waals surface area contributed by atoms with E-state index in [2.05, 4.69) is 9.71 Å². The third-order valence-electron chi connectivity index (χ3n) is 2.89. The first-order chi connectivity index (χ1) is 8.05. The van der Waals surface area contributed by atoms with Gasteiger partial charge in [0, 0.05) is 23.8 Å². The highest BCUT2D eigenvalue weighted by Gasteiger charge is 2.44. The lowest BCUT2D eigenvalue weighted by molar-refractivity contribution is 0.559. The average molecular weight is 275 g/mol. The van der Waals surface area contributed by atoms with Gasteiger partial charge in [0.15, 0.2) is 0 Å². The fourth-order valence-corrected chi connectivity index (χ4v) is 3.55. The van der Waals surface area contributed by atoms with E-state index in [0.717, 1.165) is 18.4 Å². The van der Waals surface area contributed by atoms with Gasteiger partial charge in [-0.2, -0.15) is 0 Å². The maximum atomic E-state index is 11.8. The molecule has 2 rings (SSSR count). The van der Waals surface area contributed by atoms with E-state index in [4.69, 9.17) is 11.6 Å². The Kier molecular flexibility index (Phi) is 3.70. The molecule has 1 N–H and O–H groups in total. The number of rotatable bonds is 6. The van der Waals surface area contributed by atoms with Gasteiger partial charge in [-0.05, 0) is 37.0 Å². The van der Waals surface area contributed by atoms with Crippen LogP contribution in [0, 0.1) is 0 Å². The molecule has 0 saturated heterocycles. The zero-order chi connectivity index (χ0) is 12.4. The van der Waals surface area contributed by atoms with Crippen molar-refractivity contribution in [2.75, 3.05) is 11.6 Å². The average Bonchev–Trinajstić information content (AvgIpc) is 3.08. The fraction of sp³-hybridized carbons (Fsp3) is 0.545. The topological polar surface area (TPSA) is 59.1 Å². The SMILES string of the molecule is O=S(=O)(CCc1ccncc1)NC1(CCl)CC1. The second kappa shape index (κ2) is 4.92. The van der Waals surface area contributed by atoms with Gasteiger partial charge in [0.1, 0.15) is 0 Å². The second-order valence-corrected chi connectivity index (χ2v) is 6.55. The summed E-state index contributed by atoms with van der Waals surface area (Å²) in [4.78, 5) is 3.89. The summed E-state index contributed by atoms with van der Waals surface area (Å²) in [7, 11) is -3.24. The van der Waals surface area contributed by atoms with Crippen LogP contribution >= 0.6 is 11.6 Å². The normalized spacial score (nSPS) is 17.9. The largest absolute Gasteiger partial charge is 0.265 e. The summed E-state index contributed by atoms with van der Waals surface area (Å²) in [6.45, 7) is 0. The van der Waals surface area contributed by atoms with Gasteiger partial charge in [-0.1, -0.05) is 0 Å². The monoisotopic (exact) mass is 274 g/mol. The minimum atomic E-state index is -3.24. The molecule has 1 aromatic rings. The highest BCUT2D eigenvalue weighted by molar-refractivity contribution is 7.89. The molecule has 0 atom stereocenters. The van der Waals surface area contributed by atoms with Gasteiger partial charge in [0.25, 0.3) is 0 Å². The van der Waals surface area contributed by atoms with E-state index in [1.54, 1.807) is 12.4 Å². The van der Waals surface area contributed by atoms with Crippen LogP contribution in [0.3, 0.4) is 0 Å².